The SMILES string of the molecule is CCC[C@H](CCCO)N(NC(=O)OCc1ccccc1)C(=O)OCc1ccccc1. The predicted molar refractivity (Wildman–Crippen MR) is 113 cm³/mol. The van der Waals surface area contributed by atoms with E-state index in [2.05, 4.69) is 5.43 Å². The molecular weight excluding hydrogens is 384 g/mol. The van der Waals surface area contributed by atoms with E-state index in [0.717, 1.165) is 17.5 Å². The second kappa shape index (κ2) is 13.2. The Labute approximate surface area is 177 Å². The van der Waals surface area contributed by atoms with Gasteiger partial charge in [0.05, 0.1) is 6.04 Å². The third-order valence-corrected chi connectivity index (χ3v) is 4.51. The Hall–Kier alpha value is -3.06. The lowest BCUT2D eigenvalue weighted by molar-refractivity contribution is 0.0410. The molecule has 0 bridgehead atoms. The van der Waals surface area contributed by atoms with Crippen LogP contribution in [0.3, 0.4) is 0 Å². The van der Waals surface area contributed by atoms with Crippen molar-refractivity contribution in [2.45, 2.75) is 51.9 Å². The second-order valence-electron chi connectivity index (χ2n) is 6.89. The molecule has 0 spiro atoms. The molecule has 30 heavy (non-hydrogen) atoms. The summed E-state index contributed by atoms with van der Waals surface area (Å²) in [5.41, 5.74) is 4.22. The minimum atomic E-state index is -0.736. The molecule has 1 atom stereocenters. The zero-order chi connectivity index (χ0) is 21.6. The summed E-state index contributed by atoms with van der Waals surface area (Å²) in [6, 6.07) is 18.3. The van der Waals surface area contributed by atoms with Crippen molar-refractivity contribution < 1.29 is 24.2 Å². The number of carbonyl (C=O) groups is 2. The van der Waals surface area contributed by atoms with Gasteiger partial charge in [-0.05, 0) is 30.4 Å². The number of hydrogen-bond donors (Lipinski definition) is 2. The van der Waals surface area contributed by atoms with Gasteiger partial charge in [-0.2, -0.15) is 0 Å². The Balaban J connectivity index is 2.02. The van der Waals surface area contributed by atoms with Crippen molar-refractivity contribution in [3.63, 3.8) is 0 Å². The van der Waals surface area contributed by atoms with Crippen LogP contribution in [0.4, 0.5) is 9.59 Å². The number of benzene rings is 2. The topological polar surface area (TPSA) is 88.1 Å². The molecule has 0 unspecified atom stereocenters. The largest absolute Gasteiger partial charge is 0.443 e. The number of hydrazine groups is 1. The first-order valence-corrected chi connectivity index (χ1v) is 10.2. The first-order valence-electron chi connectivity index (χ1n) is 10.2. The highest BCUT2D eigenvalue weighted by Crippen LogP contribution is 2.14. The van der Waals surface area contributed by atoms with Crippen molar-refractivity contribution in [3.8, 4) is 0 Å². The van der Waals surface area contributed by atoms with Gasteiger partial charge in [-0.15, -0.1) is 0 Å². The maximum atomic E-state index is 12.8. The molecule has 2 aromatic carbocycles. The van der Waals surface area contributed by atoms with E-state index in [0.29, 0.717) is 19.3 Å². The first kappa shape index (κ1) is 23.2. The van der Waals surface area contributed by atoms with Gasteiger partial charge in [0.2, 0.25) is 0 Å². The highest BCUT2D eigenvalue weighted by molar-refractivity contribution is 5.74. The van der Waals surface area contributed by atoms with E-state index in [1.807, 2.05) is 67.6 Å². The third-order valence-electron chi connectivity index (χ3n) is 4.51. The van der Waals surface area contributed by atoms with E-state index in [1.165, 1.54) is 5.01 Å². The molecule has 162 valence electrons. The van der Waals surface area contributed by atoms with Crippen LogP contribution in [-0.2, 0) is 22.7 Å². The van der Waals surface area contributed by atoms with Gasteiger partial charge in [-0.1, -0.05) is 74.0 Å². The third kappa shape index (κ3) is 8.13. The molecule has 2 N–H and O–H groups in total. The summed E-state index contributed by atoms with van der Waals surface area (Å²) >= 11 is 0. The Bertz CT molecular complexity index is 755. The van der Waals surface area contributed by atoms with Crippen LogP contribution >= 0.6 is 0 Å². The molecule has 7 heteroatoms. The van der Waals surface area contributed by atoms with Crippen LogP contribution in [0.15, 0.2) is 60.7 Å². The number of ether oxygens (including phenoxy) is 2. The minimum Gasteiger partial charge on any atom is -0.443 e. The fraction of sp³-hybridized carbons (Fsp3) is 0.391. The van der Waals surface area contributed by atoms with E-state index in [9.17, 15) is 14.7 Å². The number of hydrogen-bond acceptors (Lipinski definition) is 5. The lowest BCUT2D eigenvalue weighted by atomic mass is 10.1. The molecule has 2 aromatic rings. The maximum absolute atomic E-state index is 12.8. The molecule has 0 aromatic heterocycles. The monoisotopic (exact) mass is 414 g/mol. The van der Waals surface area contributed by atoms with E-state index >= 15 is 0 Å². The molecule has 2 rings (SSSR count). The van der Waals surface area contributed by atoms with Crippen LogP contribution in [-0.4, -0.2) is 35.0 Å². The Morgan fingerprint density at radius 2 is 1.50 bits per heavy atom. The van der Waals surface area contributed by atoms with E-state index in [4.69, 9.17) is 9.47 Å². The maximum Gasteiger partial charge on any atom is 0.429 e. The van der Waals surface area contributed by atoms with Crippen LogP contribution in [0.1, 0.15) is 43.7 Å². The Morgan fingerprint density at radius 1 is 0.933 bits per heavy atom. The van der Waals surface area contributed by atoms with Gasteiger partial charge in [0.1, 0.15) is 13.2 Å². The predicted octanol–water partition coefficient (Wildman–Crippen LogP) is 4.41. The number of carbonyl (C=O) groups excluding carboxylic acids is 2. The van der Waals surface area contributed by atoms with Crippen molar-refractivity contribution in [2.24, 2.45) is 0 Å². The molecule has 0 saturated carbocycles. The molecule has 0 aliphatic carbocycles. The van der Waals surface area contributed by atoms with Crippen LogP contribution in [0, 0.1) is 0 Å². The minimum absolute atomic E-state index is 0.00553. The fourth-order valence-corrected chi connectivity index (χ4v) is 2.99. The lowest BCUT2D eigenvalue weighted by Crippen LogP contribution is -2.52. The average molecular weight is 415 g/mol. The summed E-state index contributed by atoms with van der Waals surface area (Å²) in [6.07, 6.45) is 1.10. The van der Waals surface area contributed by atoms with Gasteiger partial charge in [0.25, 0.3) is 0 Å². The molecule has 0 fully saturated rings. The number of amides is 2. The van der Waals surface area contributed by atoms with Crippen molar-refractivity contribution in [3.05, 3.63) is 71.8 Å². The van der Waals surface area contributed by atoms with Crippen molar-refractivity contribution in [2.75, 3.05) is 6.61 Å². The van der Waals surface area contributed by atoms with E-state index < -0.39 is 12.2 Å². The van der Waals surface area contributed by atoms with Gasteiger partial charge in [0.15, 0.2) is 0 Å². The highest BCUT2D eigenvalue weighted by Gasteiger charge is 2.27. The molecule has 2 amide bonds. The van der Waals surface area contributed by atoms with Crippen LogP contribution < -0.4 is 5.43 Å². The van der Waals surface area contributed by atoms with Crippen LogP contribution in [0.25, 0.3) is 0 Å². The number of nitrogens with one attached hydrogen (secondary N) is 1. The van der Waals surface area contributed by atoms with Crippen molar-refractivity contribution in [1.82, 2.24) is 10.4 Å². The second-order valence-corrected chi connectivity index (χ2v) is 6.89. The summed E-state index contributed by atoms with van der Waals surface area (Å²) in [6.45, 7) is 2.18. The summed E-state index contributed by atoms with van der Waals surface area (Å²) in [7, 11) is 0. The quantitative estimate of drug-likeness (QED) is 0.562. The first-order chi connectivity index (χ1) is 14.6. The summed E-state index contributed by atoms with van der Waals surface area (Å²) in [4.78, 5) is 25.1. The molecule has 0 aliphatic rings. The van der Waals surface area contributed by atoms with Crippen molar-refractivity contribution in [1.29, 1.82) is 0 Å². The number of rotatable bonds is 10. The normalized spacial score (nSPS) is 11.4. The molecule has 0 aliphatic heterocycles. The van der Waals surface area contributed by atoms with Gasteiger partial charge in [0, 0.05) is 6.61 Å². The summed E-state index contributed by atoms with van der Waals surface area (Å²) in [5, 5.41) is 10.4. The molecule has 0 heterocycles. The number of aliphatic hydroxyl groups is 1. The standard InChI is InChI=1S/C23H30N2O5/c1-2-10-21(15-9-16-26)25(23(28)30-18-20-13-7-4-8-14-20)24-22(27)29-17-19-11-5-3-6-12-19/h3-8,11-14,21,26H,2,9-10,15-18H2,1H3,(H,24,27)/t21-/m1/s1. The highest BCUT2D eigenvalue weighted by atomic mass is 16.6. The fourth-order valence-electron chi connectivity index (χ4n) is 2.99. The van der Waals surface area contributed by atoms with E-state index in [1.54, 1.807) is 0 Å². The number of aliphatic hydroxyl groups excluding tert-OH is 1. The molecular formula is C23H30N2O5. The Kier molecular flexibility index (Phi) is 10.2. The van der Waals surface area contributed by atoms with Crippen LogP contribution in [0.5, 0.6) is 0 Å². The zero-order valence-corrected chi connectivity index (χ0v) is 17.3. The number of nitrogens with zero attached hydrogens (tertiary/aromatic N) is 1. The average Bonchev–Trinajstić information content (AvgIpc) is 2.79. The lowest BCUT2D eigenvalue weighted by Gasteiger charge is -2.30. The smallest absolute Gasteiger partial charge is 0.429 e. The van der Waals surface area contributed by atoms with Crippen LogP contribution in [0.2, 0.25) is 0 Å². The van der Waals surface area contributed by atoms with Gasteiger partial charge < -0.3 is 14.6 Å². The summed E-state index contributed by atoms with van der Waals surface area (Å²) < 4.78 is 10.7. The van der Waals surface area contributed by atoms with Gasteiger partial charge in [-0.25, -0.2) is 20.0 Å². The molecule has 0 saturated heterocycles. The van der Waals surface area contributed by atoms with Crippen molar-refractivity contribution >= 4 is 12.2 Å². The molecule has 7 nitrogen and oxygen atoms in total. The van der Waals surface area contributed by atoms with Gasteiger partial charge >= 0.3 is 12.2 Å². The zero-order valence-electron chi connectivity index (χ0n) is 17.3. The Morgan fingerprint density at radius 3 is 2.03 bits per heavy atom. The van der Waals surface area contributed by atoms with Gasteiger partial charge in [-0.3, -0.25) is 0 Å². The summed E-state index contributed by atoms with van der Waals surface area (Å²) in [5.74, 6) is 0. The molecule has 0 radical (unpaired) electrons. The van der Waals surface area contributed by atoms with E-state index in [-0.39, 0.29) is 25.9 Å².